The van der Waals surface area contributed by atoms with Crippen LogP contribution in [0.3, 0.4) is 0 Å². The van der Waals surface area contributed by atoms with Gasteiger partial charge < -0.3 is 10.1 Å². The van der Waals surface area contributed by atoms with E-state index in [1.807, 2.05) is 18.2 Å². The van der Waals surface area contributed by atoms with Crippen molar-refractivity contribution >= 4 is 11.9 Å². The summed E-state index contributed by atoms with van der Waals surface area (Å²) < 4.78 is 5.08. The summed E-state index contributed by atoms with van der Waals surface area (Å²) in [6, 6.07) is 8.95. The van der Waals surface area contributed by atoms with Crippen molar-refractivity contribution in [1.29, 1.82) is 0 Å². The number of esters is 1. The average Bonchev–Trinajstić information content (AvgIpc) is 2.52. The summed E-state index contributed by atoms with van der Waals surface area (Å²) in [6.07, 6.45) is 0.982. The Morgan fingerprint density at radius 1 is 1.04 bits per heavy atom. The smallest absolute Gasteiger partial charge is 0.331 e. The lowest BCUT2D eigenvalue weighted by molar-refractivity contribution is -0.157. The maximum atomic E-state index is 12.7. The number of carbonyl (C=O) groups excluding carboxylic acids is 2. The van der Waals surface area contributed by atoms with Crippen molar-refractivity contribution in [3.05, 3.63) is 35.9 Å². The van der Waals surface area contributed by atoms with Crippen molar-refractivity contribution in [2.45, 2.75) is 57.2 Å². The van der Waals surface area contributed by atoms with E-state index >= 15 is 0 Å². The third-order valence-electron chi connectivity index (χ3n) is 5.25. The van der Waals surface area contributed by atoms with E-state index in [4.69, 9.17) is 4.74 Å². The quantitative estimate of drug-likeness (QED) is 0.865. The van der Waals surface area contributed by atoms with Crippen LogP contribution in [0.2, 0.25) is 0 Å². The minimum atomic E-state index is -1.04. The Labute approximate surface area is 144 Å². The molecule has 1 aliphatic rings. The van der Waals surface area contributed by atoms with Crippen LogP contribution in [0.15, 0.2) is 30.3 Å². The molecule has 1 heterocycles. The first-order chi connectivity index (χ1) is 11.0. The number of piperidine rings is 1. The van der Waals surface area contributed by atoms with Crippen molar-refractivity contribution < 1.29 is 14.3 Å². The fourth-order valence-electron chi connectivity index (χ4n) is 3.95. The van der Waals surface area contributed by atoms with E-state index in [0.29, 0.717) is 18.4 Å². The number of rotatable bonds is 3. The van der Waals surface area contributed by atoms with Gasteiger partial charge in [-0.2, -0.15) is 0 Å². The molecule has 0 aliphatic carbocycles. The third kappa shape index (κ3) is 3.31. The van der Waals surface area contributed by atoms with E-state index in [1.54, 1.807) is 12.1 Å². The van der Waals surface area contributed by atoms with Crippen LogP contribution in [-0.2, 0) is 9.53 Å². The van der Waals surface area contributed by atoms with Crippen molar-refractivity contribution in [2.24, 2.45) is 0 Å². The molecule has 1 saturated heterocycles. The van der Waals surface area contributed by atoms with Gasteiger partial charge in [0, 0.05) is 16.6 Å². The second kappa shape index (κ2) is 6.20. The summed E-state index contributed by atoms with van der Waals surface area (Å²) in [5.74, 6) is -0.641. The SMILES string of the molecule is COC(=O)C1(NC(=O)c2ccccc2)CC(C)(C)N(C)C(C)(C)C1. The summed E-state index contributed by atoms with van der Waals surface area (Å²) in [4.78, 5) is 27.7. The number of amides is 1. The van der Waals surface area contributed by atoms with E-state index in [0.717, 1.165) is 0 Å². The van der Waals surface area contributed by atoms with Crippen molar-refractivity contribution in [3.63, 3.8) is 0 Å². The Kier molecular flexibility index (Phi) is 4.77. The third-order valence-corrected chi connectivity index (χ3v) is 5.25. The molecular weight excluding hydrogens is 304 g/mol. The second-order valence-electron chi connectivity index (χ2n) is 7.93. The Hall–Kier alpha value is -1.88. The average molecular weight is 332 g/mol. The molecule has 1 N–H and O–H groups in total. The zero-order valence-corrected chi connectivity index (χ0v) is 15.5. The van der Waals surface area contributed by atoms with Crippen molar-refractivity contribution in [2.75, 3.05) is 14.2 Å². The van der Waals surface area contributed by atoms with Gasteiger partial charge >= 0.3 is 5.97 Å². The zero-order valence-electron chi connectivity index (χ0n) is 15.5. The molecule has 0 aromatic heterocycles. The summed E-state index contributed by atoms with van der Waals surface area (Å²) in [5.41, 5.74) is -1.03. The molecule has 0 spiro atoms. The number of carbonyl (C=O) groups is 2. The maximum Gasteiger partial charge on any atom is 0.331 e. The van der Waals surface area contributed by atoms with Gasteiger partial charge in [0.05, 0.1) is 7.11 Å². The Balaban J connectivity index is 2.41. The Morgan fingerprint density at radius 2 is 1.54 bits per heavy atom. The van der Waals surface area contributed by atoms with Crippen LogP contribution in [0.5, 0.6) is 0 Å². The largest absolute Gasteiger partial charge is 0.467 e. The minimum Gasteiger partial charge on any atom is -0.467 e. The lowest BCUT2D eigenvalue weighted by atomic mass is 9.69. The molecule has 2 rings (SSSR count). The Morgan fingerprint density at radius 3 is 2.00 bits per heavy atom. The predicted octanol–water partition coefficient (Wildman–Crippen LogP) is 2.61. The van der Waals surface area contributed by atoms with Crippen LogP contribution in [0.1, 0.15) is 50.9 Å². The van der Waals surface area contributed by atoms with Gasteiger partial charge in [-0.1, -0.05) is 18.2 Å². The van der Waals surface area contributed by atoms with Crippen LogP contribution in [0.4, 0.5) is 0 Å². The van der Waals surface area contributed by atoms with Crippen LogP contribution >= 0.6 is 0 Å². The number of ether oxygens (including phenoxy) is 1. The monoisotopic (exact) mass is 332 g/mol. The lowest BCUT2D eigenvalue weighted by Gasteiger charge is -2.57. The molecule has 0 atom stereocenters. The van der Waals surface area contributed by atoms with Crippen LogP contribution in [-0.4, -0.2) is 47.6 Å². The normalized spacial score (nSPS) is 21.8. The molecule has 1 amide bonds. The summed E-state index contributed by atoms with van der Waals surface area (Å²) >= 11 is 0. The van der Waals surface area contributed by atoms with Gasteiger partial charge in [0.2, 0.25) is 0 Å². The van der Waals surface area contributed by atoms with E-state index in [2.05, 4.69) is 45.0 Å². The summed E-state index contributed by atoms with van der Waals surface area (Å²) in [7, 11) is 3.43. The summed E-state index contributed by atoms with van der Waals surface area (Å²) in [5, 5.41) is 2.99. The number of methoxy groups -OCH3 is 1. The van der Waals surface area contributed by atoms with Gasteiger partial charge in [-0.15, -0.1) is 0 Å². The molecule has 0 saturated carbocycles. The van der Waals surface area contributed by atoms with E-state index in [-0.39, 0.29) is 23.0 Å². The fraction of sp³-hybridized carbons (Fsp3) is 0.579. The minimum absolute atomic E-state index is 0.253. The molecule has 5 nitrogen and oxygen atoms in total. The highest BCUT2D eigenvalue weighted by Crippen LogP contribution is 2.43. The molecular formula is C19H28N2O3. The maximum absolute atomic E-state index is 12.7. The number of hydrogen-bond donors (Lipinski definition) is 1. The highest BCUT2D eigenvalue weighted by atomic mass is 16.5. The van der Waals surface area contributed by atoms with Gasteiger partial charge in [-0.05, 0) is 59.7 Å². The number of likely N-dealkylation sites (tertiary alicyclic amines) is 1. The second-order valence-corrected chi connectivity index (χ2v) is 7.93. The predicted molar refractivity (Wildman–Crippen MR) is 93.8 cm³/mol. The standard InChI is InChI=1S/C19H28N2O3/c1-17(2)12-19(16(23)24-6,13-18(3,4)21(17)5)20-15(22)14-10-8-7-9-11-14/h7-11H,12-13H2,1-6H3,(H,20,22). The number of hydrogen-bond acceptors (Lipinski definition) is 4. The van der Waals surface area contributed by atoms with Crippen molar-refractivity contribution in [1.82, 2.24) is 10.2 Å². The first-order valence-electron chi connectivity index (χ1n) is 8.24. The van der Waals surface area contributed by atoms with Crippen molar-refractivity contribution in [3.8, 4) is 0 Å². The van der Waals surface area contributed by atoms with Crippen LogP contribution in [0.25, 0.3) is 0 Å². The van der Waals surface area contributed by atoms with E-state index in [1.165, 1.54) is 7.11 Å². The highest BCUT2D eigenvalue weighted by Gasteiger charge is 2.55. The van der Waals surface area contributed by atoms with E-state index < -0.39 is 5.54 Å². The molecule has 1 aliphatic heterocycles. The van der Waals surface area contributed by atoms with Gasteiger partial charge in [-0.3, -0.25) is 9.69 Å². The highest BCUT2D eigenvalue weighted by molar-refractivity contribution is 5.98. The van der Waals surface area contributed by atoms with Gasteiger partial charge in [0.25, 0.3) is 5.91 Å². The molecule has 0 radical (unpaired) electrons. The first-order valence-corrected chi connectivity index (χ1v) is 8.24. The molecule has 0 bridgehead atoms. The van der Waals surface area contributed by atoms with Gasteiger partial charge in [-0.25, -0.2) is 4.79 Å². The molecule has 1 aromatic rings. The zero-order chi connectivity index (χ0) is 18.2. The first kappa shape index (κ1) is 18.5. The van der Waals surface area contributed by atoms with Crippen LogP contribution in [0, 0.1) is 0 Å². The molecule has 132 valence electrons. The van der Waals surface area contributed by atoms with Gasteiger partial charge in [0.15, 0.2) is 0 Å². The topological polar surface area (TPSA) is 58.6 Å². The fourth-order valence-corrected chi connectivity index (χ4v) is 3.95. The number of benzene rings is 1. The van der Waals surface area contributed by atoms with Crippen LogP contribution < -0.4 is 5.32 Å². The molecule has 0 unspecified atom stereocenters. The molecule has 1 fully saturated rings. The number of nitrogens with one attached hydrogen (secondary N) is 1. The molecule has 5 heteroatoms. The number of nitrogens with zero attached hydrogens (tertiary/aromatic N) is 1. The lowest BCUT2D eigenvalue weighted by Crippen LogP contribution is -2.71. The molecule has 1 aromatic carbocycles. The Bertz CT molecular complexity index is 605. The van der Waals surface area contributed by atoms with E-state index in [9.17, 15) is 9.59 Å². The molecule has 24 heavy (non-hydrogen) atoms. The summed E-state index contributed by atoms with van der Waals surface area (Å²) in [6.45, 7) is 8.33. The van der Waals surface area contributed by atoms with Gasteiger partial charge in [0.1, 0.15) is 5.54 Å².